The second-order valence-corrected chi connectivity index (χ2v) is 5.09. The number of rotatable bonds is 3. The van der Waals surface area contributed by atoms with Crippen LogP contribution in [0.5, 0.6) is 0 Å². The average Bonchev–Trinajstić information content (AvgIpc) is 2.45. The molecule has 0 fully saturated rings. The molecule has 0 aromatic heterocycles. The van der Waals surface area contributed by atoms with Crippen molar-refractivity contribution in [1.82, 2.24) is 0 Å². The van der Waals surface area contributed by atoms with Gasteiger partial charge in [0.05, 0.1) is 10.6 Å². The molecule has 2 aromatic carbocycles. The van der Waals surface area contributed by atoms with Crippen molar-refractivity contribution >= 4 is 28.9 Å². The van der Waals surface area contributed by atoms with Gasteiger partial charge < -0.3 is 4.90 Å². The number of aryl methyl sites for hydroxylation is 1. The van der Waals surface area contributed by atoms with Gasteiger partial charge in [-0.15, -0.1) is 0 Å². The van der Waals surface area contributed by atoms with Crippen LogP contribution in [0.3, 0.4) is 0 Å². The number of benzene rings is 2. The molecular formula is C15H13ClN2O3. The van der Waals surface area contributed by atoms with Gasteiger partial charge in [-0.05, 0) is 25.1 Å². The van der Waals surface area contributed by atoms with Crippen LogP contribution in [0, 0.1) is 17.0 Å². The van der Waals surface area contributed by atoms with E-state index < -0.39 is 4.92 Å². The lowest BCUT2D eigenvalue weighted by Crippen LogP contribution is -2.26. The highest BCUT2D eigenvalue weighted by atomic mass is 35.5. The van der Waals surface area contributed by atoms with Crippen LogP contribution in [0.1, 0.15) is 15.9 Å². The largest absolute Gasteiger partial charge is 0.311 e. The molecule has 6 heteroatoms. The summed E-state index contributed by atoms with van der Waals surface area (Å²) in [7, 11) is 1.55. The van der Waals surface area contributed by atoms with Crippen LogP contribution >= 0.6 is 11.6 Å². The molecule has 0 saturated heterocycles. The molecule has 0 aliphatic rings. The molecule has 0 aliphatic carbocycles. The van der Waals surface area contributed by atoms with E-state index in [9.17, 15) is 14.9 Å². The summed E-state index contributed by atoms with van der Waals surface area (Å²) in [5, 5.41) is 11.1. The van der Waals surface area contributed by atoms with Gasteiger partial charge in [0.15, 0.2) is 0 Å². The first-order valence-corrected chi connectivity index (χ1v) is 6.56. The molecule has 0 unspecified atom stereocenters. The molecule has 0 bridgehead atoms. The molecule has 0 saturated carbocycles. The van der Waals surface area contributed by atoms with E-state index in [4.69, 9.17) is 11.6 Å². The summed E-state index contributed by atoms with van der Waals surface area (Å²) >= 11 is 5.87. The standard InChI is InChI=1S/C15H13ClN2O3/c1-10-3-5-11(6-4-10)15(19)17(2)13-7-12(16)8-14(9-13)18(20)21/h3-9H,1-2H3. The van der Waals surface area contributed by atoms with E-state index in [0.29, 0.717) is 11.3 Å². The van der Waals surface area contributed by atoms with Crippen LogP contribution in [-0.4, -0.2) is 17.9 Å². The van der Waals surface area contributed by atoms with Crippen molar-refractivity contribution in [2.24, 2.45) is 0 Å². The summed E-state index contributed by atoms with van der Waals surface area (Å²) in [6.45, 7) is 1.93. The zero-order valence-corrected chi connectivity index (χ0v) is 12.3. The third-order valence-corrected chi connectivity index (χ3v) is 3.29. The van der Waals surface area contributed by atoms with Gasteiger partial charge in [0.2, 0.25) is 0 Å². The van der Waals surface area contributed by atoms with Crippen molar-refractivity contribution in [3.05, 3.63) is 68.7 Å². The molecule has 0 heterocycles. The van der Waals surface area contributed by atoms with Crippen molar-refractivity contribution in [2.75, 3.05) is 11.9 Å². The van der Waals surface area contributed by atoms with Crippen molar-refractivity contribution in [1.29, 1.82) is 0 Å². The molecule has 21 heavy (non-hydrogen) atoms. The number of nitro groups is 1. The van der Waals surface area contributed by atoms with E-state index in [1.54, 1.807) is 19.2 Å². The first kappa shape index (κ1) is 15.0. The van der Waals surface area contributed by atoms with Gasteiger partial charge in [0, 0.05) is 29.8 Å². The van der Waals surface area contributed by atoms with Gasteiger partial charge >= 0.3 is 0 Å². The smallest absolute Gasteiger partial charge is 0.273 e. The molecule has 0 spiro atoms. The fourth-order valence-corrected chi connectivity index (χ4v) is 2.09. The third-order valence-electron chi connectivity index (χ3n) is 3.07. The molecule has 2 aromatic rings. The number of non-ortho nitro benzene ring substituents is 1. The maximum Gasteiger partial charge on any atom is 0.273 e. The molecule has 1 amide bonds. The van der Waals surface area contributed by atoms with E-state index in [1.807, 2.05) is 19.1 Å². The number of carbonyl (C=O) groups excluding carboxylic acids is 1. The fourth-order valence-electron chi connectivity index (χ4n) is 1.87. The first-order chi connectivity index (χ1) is 9.88. The van der Waals surface area contributed by atoms with Crippen molar-refractivity contribution in [2.45, 2.75) is 6.92 Å². The quantitative estimate of drug-likeness (QED) is 0.639. The normalized spacial score (nSPS) is 10.2. The molecule has 0 N–H and O–H groups in total. The van der Waals surface area contributed by atoms with Crippen molar-refractivity contribution < 1.29 is 9.72 Å². The Bertz CT molecular complexity index is 699. The Morgan fingerprint density at radius 3 is 2.38 bits per heavy atom. The highest BCUT2D eigenvalue weighted by molar-refractivity contribution is 6.31. The summed E-state index contributed by atoms with van der Waals surface area (Å²) in [5.74, 6) is -0.258. The maximum atomic E-state index is 12.4. The summed E-state index contributed by atoms with van der Waals surface area (Å²) in [6, 6.07) is 11.2. The molecule has 108 valence electrons. The SMILES string of the molecule is Cc1ccc(C(=O)N(C)c2cc(Cl)cc([N+](=O)[O-])c2)cc1. The summed E-state index contributed by atoms with van der Waals surface area (Å²) < 4.78 is 0. The van der Waals surface area contributed by atoms with Crippen LogP contribution in [0.15, 0.2) is 42.5 Å². The van der Waals surface area contributed by atoms with Gasteiger partial charge in [0.25, 0.3) is 11.6 Å². The molecule has 5 nitrogen and oxygen atoms in total. The predicted molar refractivity (Wildman–Crippen MR) is 82.0 cm³/mol. The number of halogens is 1. The summed E-state index contributed by atoms with van der Waals surface area (Å²) in [5.41, 5.74) is 1.78. The van der Waals surface area contributed by atoms with E-state index >= 15 is 0 Å². The number of nitro benzene ring substituents is 1. The Kier molecular flexibility index (Phi) is 4.23. The number of anilines is 1. The Morgan fingerprint density at radius 2 is 1.81 bits per heavy atom. The second-order valence-electron chi connectivity index (χ2n) is 4.65. The zero-order chi connectivity index (χ0) is 15.6. The zero-order valence-electron chi connectivity index (χ0n) is 11.5. The van der Waals surface area contributed by atoms with Gasteiger partial charge in [-0.25, -0.2) is 0 Å². The lowest BCUT2D eigenvalue weighted by Gasteiger charge is -2.17. The minimum Gasteiger partial charge on any atom is -0.311 e. The van der Waals surface area contributed by atoms with Gasteiger partial charge in [-0.1, -0.05) is 29.3 Å². The third kappa shape index (κ3) is 3.38. The summed E-state index contributed by atoms with van der Waals surface area (Å²) in [6.07, 6.45) is 0. The lowest BCUT2D eigenvalue weighted by atomic mass is 10.1. The number of hydrogen-bond donors (Lipinski definition) is 0. The maximum absolute atomic E-state index is 12.4. The highest BCUT2D eigenvalue weighted by Crippen LogP contribution is 2.27. The molecule has 0 atom stereocenters. The fraction of sp³-hybridized carbons (Fsp3) is 0.133. The monoisotopic (exact) mass is 304 g/mol. The van der Waals surface area contributed by atoms with Crippen LogP contribution in [0.4, 0.5) is 11.4 Å². The minimum absolute atomic E-state index is 0.152. The van der Waals surface area contributed by atoms with E-state index in [1.165, 1.54) is 23.1 Å². The van der Waals surface area contributed by atoms with Gasteiger partial charge in [0.1, 0.15) is 0 Å². The molecule has 0 aliphatic heterocycles. The summed E-state index contributed by atoms with van der Waals surface area (Å²) in [4.78, 5) is 24.0. The van der Waals surface area contributed by atoms with Crippen LogP contribution in [0.2, 0.25) is 5.02 Å². The molecule has 2 rings (SSSR count). The number of carbonyl (C=O) groups is 1. The topological polar surface area (TPSA) is 63.5 Å². The first-order valence-electron chi connectivity index (χ1n) is 6.18. The molecular weight excluding hydrogens is 292 g/mol. The minimum atomic E-state index is -0.542. The molecule has 0 radical (unpaired) electrons. The predicted octanol–water partition coefficient (Wildman–Crippen LogP) is 3.83. The number of amides is 1. The Morgan fingerprint density at radius 1 is 1.19 bits per heavy atom. The van der Waals surface area contributed by atoms with E-state index in [-0.39, 0.29) is 16.6 Å². The van der Waals surface area contributed by atoms with Gasteiger partial charge in [-0.3, -0.25) is 14.9 Å². The van der Waals surface area contributed by atoms with E-state index in [0.717, 1.165) is 5.56 Å². The Balaban J connectivity index is 2.35. The number of hydrogen-bond acceptors (Lipinski definition) is 3. The highest BCUT2D eigenvalue weighted by Gasteiger charge is 2.17. The van der Waals surface area contributed by atoms with E-state index in [2.05, 4.69) is 0 Å². The van der Waals surface area contributed by atoms with Crippen molar-refractivity contribution in [3.8, 4) is 0 Å². The average molecular weight is 305 g/mol. The van der Waals surface area contributed by atoms with Gasteiger partial charge in [-0.2, -0.15) is 0 Å². The van der Waals surface area contributed by atoms with Crippen LogP contribution in [0.25, 0.3) is 0 Å². The van der Waals surface area contributed by atoms with Crippen molar-refractivity contribution in [3.63, 3.8) is 0 Å². The van der Waals surface area contributed by atoms with Crippen LogP contribution < -0.4 is 4.90 Å². The lowest BCUT2D eigenvalue weighted by molar-refractivity contribution is -0.384. The van der Waals surface area contributed by atoms with Crippen LogP contribution in [-0.2, 0) is 0 Å². The Hall–Kier alpha value is -2.40. The number of nitrogens with zero attached hydrogens (tertiary/aromatic N) is 2. The second kappa shape index (κ2) is 5.93. The Labute approximate surface area is 126 Å².